The van der Waals surface area contributed by atoms with E-state index in [9.17, 15) is 0 Å². The molecular formula is C7H10N4O. The number of aromatic nitrogens is 3. The fraction of sp³-hybridized carbons (Fsp3) is 0.571. The number of oxime groups is 1. The summed E-state index contributed by atoms with van der Waals surface area (Å²) in [5, 5.41) is 7.87. The first-order valence-corrected chi connectivity index (χ1v) is 3.98. The molecule has 1 aromatic rings. The van der Waals surface area contributed by atoms with Crippen LogP contribution >= 0.6 is 0 Å². The summed E-state index contributed by atoms with van der Waals surface area (Å²) in [5.74, 6) is 0.833. The molecule has 5 heteroatoms. The fourth-order valence-corrected chi connectivity index (χ4v) is 1.11. The lowest BCUT2D eigenvalue weighted by Crippen LogP contribution is -2.13. The van der Waals surface area contributed by atoms with Gasteiger partial charge in [0, 0.05) is 0 Å². The summed E-state index contributed by atoms with van der Waals surface area (Å²) >= 11 is 0. The van der Waals surface area contributed by atoms with Gasteiger partial charge in [0.2, 0.25) is 0 Å². The molecule has 0 saturated carbocycles. The third-order valence-corrected chi connectivity index (χ3v) is 1.86. The summed E-state index contributed by atoms with van der Waals surface area (Å²) in [5.41, 5.74) is 0. The molecule has 1 aliphatic heterocycles. The summed E-state index contributed by atoms with van der Waals surface area (Å²) in [6.07, 6.45) is 5.12. The van der Waals surface area contributed by atoms with Gasteiger partial charge in [-0.3, -0.25) is 0 Å². The van der Waals surface area contributed by atoms with Crippen molar-refractivity contribution in [2.24, 2.45) is 5.16 Å². The van der Waals surface area contributed by atoms with Crippen molar-refractivity contribution in [3.8, 4) is 0 Å². The highest BCUT2D eigenvalue weighted by Crippen LogP contribution is 2.13. The van der Waals surface area contributed by atoms with E-state index in [4.69, 9.17) is 4.84 Å². The molecule has 0 amide bonds. The Morgan fingerprint density at radius 2 is 2.67 bits per heavy atom. The Labute approximate surface area is 70.0 Å². The van der Waals surface area contributed by atoms with E-state index in [-0.39, 0.29) is 6.10 Å². The van der Waals surface area contributed by atoms with Gasteiger partial charge in [-0.15, -0.1) is 0 Å². The van der Waals surface area contributed by atoms with Gasteiger partial charge in [-0.25, -0.2) is 9.67 Å². The van der Waals surface area contributed by atoms with E-state index in [0.717, 1.165) is 18.7 Å². The average Bonchev–Trinajstić information content (AvgIpc) is 2.75. The number of rotatable bonds is 1. The first kappa shape index (κ1) is 7.27. The van der Waals surface area contributed by atoms with Crippen molar-refractivity contribution >= 4 is 5.84 Å². The minimum atomic E-state index is 0.212. The molecule has 0 spiro atoms. The summed E-state index contributed by atoms with van der Waals surface area (Å²) < 4.78 is 1.63. The van der Waals surface area contributed by atoms with Crippen LogP contribution in [0, 0.1) is 0 Å². The molecule has 0 saturated heterocycles. The maximum absolute atomic E-state index is 5.14. The van der Waals surface area contributed by atoms with E-state index in [1.54, 1.807) is 11.0 Å². The number of hydrogen-bond donors (Lipinski definition) is 0. The zero-order chi connectivity index (χ0) is 8.39. The minimum Gasteiger partial charge on any atom is -0.391 e. The van der Waals surface area contributed by atoms with Crippen LogP contribution in [0.4, 0.5) is 0 Å². The van der Waals surface area contributed by atoms with Gasteiger partial charge >= 0.3 is 0 Å². The summed E-state index contributed by atoms with van der Waals surface area (Å²) in [6, 6.07) is 0. The fourth-order valence-electron chi connectivity index (χ4n) is 1.11. The van der Waals surface area contributed by atoms with Crippen LogP contribution < -0.4 is 0 Å². The van der Waals surface area contributed by atoms with E-state index < -0.39 is 0 Å². The van der Waals surface area contributed by atoms with Crippen LogP contribution in [0.5, 0.6) is 0 Å². The predicted octanol–water partition coefficient (Wildman–Crippen LogP) is 0.639. The lowest BCUT2D eigenvalue weighted by atomic mass is 10.2. The predicted molar refractivity (Wildman–Crippen MR) is 42.6 cm³/mol. The molecule has 5 nitrogen and oxygen atoms in total. The molecule has 64 valence electrons. The Morgan fingerprint density at radius 1 is 1.75 bits per heavy atom. The Bertz CT molecular complexity index is 280. The van der Waals surface area contributed by atoms with E-state index in [2.05, 4.69) is 22.2 Å². The quantitative estimate of drug-likeness (QED) is 0.615. The zero-order valence-corrected chi connectivity index (χ0v) is 6.84. The van der Waals surface area contributed by atoms with Gasteiger partial charge < -0.3 is 4.84 Å². The second-order valence-electron chi connectivity index (χ2n) is 2.69. The van der Waals surface area contributed by atoms with Crippen molar-refractivity contribution in [2.75, 3.05) is 0 Å². The Kier molecular flexibility index (Phi) is 1.77. The molecule has 1 aliphatic rings. The monoisotopic (exact) mass is 166 g/mol. The molecule has 0 fully saturated rings. The summed E-state index contributed by atoms with van der Waals surface area (Å²) in [6.45, 7) is 2.07. The molecule has 2 heterocycles. The Balaban J connectivity index is 2.09. The van der Waals surface area contributed by atoms with Gasteiger partial charge in [0.25, 0.3) is 0 Å². The van der Waals surface area contributed by atoms with Gasteiger partial charge in [-0.2, -0.15) is 5.10 Å². The maximum atomic E-state index is 5.14. The molecule has 1 aromatic heterocycles. The first-order chi connectivity index (χ1) is 5.90. The van der Waals surface area contributed by atoms with Crippen molar-refractivity contribution in [3.05, 3.63) is 12.7 Å². The highest BCUT2D eigenvalue weighted by Gasteiger charge is 2.20. The van der Waals surface area contributed by atoms with Crippen LogP contribution in [0.1, 0.15) is 19.8 Å². The van der Waals surface area contributed by atoms with Gasteiger partial charge in [0.1, 0.15) is 18.8 Å². The van der Waals surface area contributed by atoms with E-state index in [1.807, 2.05) is 0 Å². The Morgan fingerprint density at radius 3 is 3.25 bits per heavy atom. The van der Waals surface area contributed by atoms with Crippen LogP contribution in [0.3, 0.4) is 0 Å². The van der Waals surface area contributed by atoms with Crippen molar-refractivity contribution < 1.29 is 4.84 Å². The molecule has 0 N–H and O–H groups in total. The zero-order valence-electron chi connectivity index (χ0n) is 6.84. The van der Waals surface area contributed by atoms with Crippen molar-refractivity contribution in [1.82, 2.24) is 14.8 Å². The molecule has 0 aliphatic carbocycles. The minimum absolute atomic E-state index is 0.212. The molecule has 1 unspecified atom stereocenters. The summed E-state index contributed by atoms with van der Waals surface area (Å²) in [4.78, 5) is 8.97. The van der Waals surface area contributed by atoms with Crippen LogP contribution in [-0.2, 0) is 4.84 Å². The largest absolute Gasteiger partial charge is 0.391 e. The van der Waals surface area contributed by atoms with Gasteiger partial charge in [-0.05, 0) is 6.42 Å². The van der Waals surface area contributed by atoms with E-state index in [1.165, 1.54) is 6.33 Å². The molecule has 12 heavy (non-hydrogen) atoms. The Hall–Kier alpha value is -1.39. The SMILES string of the molecule is CCC1CC(n2cncn2)=NO1. The van der Waals surface area contributed by atoms with E-state index >= 15 is 0 Å². The standard InChI is InChI=1S/C7H10N4O/c1-2-6-3-7(10-12-6)11-5-8-4-9-11/h4-6H,2-3H2,1H3. The number of hydrogen-bond acceptors (Lipinski definition) is 4. The van der Waals surface area contributed by atoms with Crippen LogP contribution in [0.2, 0.25) is 0 Å². The average molecular weight is 166 g/mol. The second kappa shape index (κ2) is 2.92. The first-order valence-electron chi connectivity index (χ1n) is 3.98. The van der Waals surface area contributed by atoms with Gasteiger partial charge in [-0.1, -0.05) is 12.1 Å². The van der Waals surface area contributed by atoms with Crippen LogP contribution in [0.25, 0.3) is 0 Å². The third-order valence-electron chi connectivity index (χ3n) is 1.86. The lowest BCUT2D eigenvalue weighted by molar-refractivity contribution is 0.0828. The molecule has 1 atom stereocenters. The van der Waals surface area contributed by atoms with Crippen molar-refractivity contribution in [3.63, 3.8) is 0 Å². The van der Waals surface area contributed by atoms with Gasteiger partial charge in [0.15, 0.2) is 5.84 Å². The highest BCUT2D eigenvalue weighted by atomic mass is 16.6. The molecule has 0 bridgehead atoms. The second-order valence-corrected chi connectivity index (χ2v) is 2.69. The van der Waals surface area contributed by atoms with Crippen LogP contribution in [0.15, 0.2) is 17.8 Å². The molecule has 2 rings (SSSR count). The molecule has 0 radical (unpaired) electrons. The third kappa shape index (κ3) is 1.17. The normalized spacial score (nSPS) is 22.1. The number of nitrogens with zero attached hydrogens (tertiary/aromatic N) is 4. The lowest BCUT2D eigenvalue weighted by Gasteiger charge is -2.01. The molecule has 0 aromatic carbocycles. The van der Waals surface area contributed by atoms with E-state index in [0.29, 0.717) is 0 Å². The molecular weight excluding hydrogens is 156 g/mol. The van der Waals surface area contributed by atoms with Crippen LogP contribution in [-0.4, -0.2) is 26.7 Å². The topological polar surface area (TPSA) is 52.3 Å². The maximum Gasteiger partial charge on any atom is 0.174 e. The summed E-state index contributed by atoms with van der Waals surface area (Å²) in [7, 11) is 0. The smallest absolute Gasteiger partial charge is 0.174 e. The highest BCUT2D eigenvalue weighted by molar-refractivity contribution is 5.84. The van der Waals surface area contributed by atoms with Crippen molar-refractivity contribution in [1.29, 1.82) is 0 Å². The van der Waals surface area contributed by atoms with Gasteiger partial charge in [0.05, 0.1) is 6.42 Å². The van der Waals surface area contributed by atoms with Crippen molar-refractivity contribution in [2.45, 2.75) is 25.9 Å².